The van der Waals surface area contributed by atoms with Gasteiger partial charge in [0.05, 0.1) is 13.0 Å². The molecule has 23 heavy (non-hydrogen) atoms. The van der Waals surface area contributed by atoms with Gasteiger partial charge < -0.3 is 10.1 Å². The first-order valence-corrected chi connectivity index (χ1v) is 7.33. The summed E-state index contributed by atoms with van der Waals surface area (Å²) in [4.78, 5) is 34.5. The molecule has 0 radical (unpaired) electrons. The summed E-state index contributed by atoms with van der Waals surface area (Å²) in [6.07, 6.45) is 0.0740. The van der Waals surface area contributed by atoms with Crippen molar-refractivity contribution >= 4 is 29.2 Å². The van der Waals surface area contributed by atoms with E-state index in [0.717, 1.165) is 0 Å². The molecule has 1 rings (SSSR count). The molecule has 0 heterocycles. The quantitative estimate of drug-likeness (QED) is 0.434. The van der Waals surface area contributed by atoms with Crippen LogP contribution in [0.5, 0.6) is 0 Å². The molecule has 0 aliphatic heterocycles. The standard InChI is InChI=1S/C16H21N3O4/c1-3-23-16(22)11-12(2)18-19-15(21)10-9-14(20)17-13-7-5-4-6-8-13/h4-8H,3,9-11H2,1-2H3,(H,17,20)(H,19,21)/b18-12-. The molecule has 7 heteroatoms. The van der Waals surface area contributed by atoms with Gasteiger partial charge in [0.25, 0.3) is 0 Å². The van der Waals surface area contributed by atoms with E-state index in [1.54, 1.807) is 26.0 Å². The molecule has 1 aromatic rings. The summed E-state index contributed by atoms with van der Waals surface area (Å²) in [5, 5.41) is 6.48. The highest BCUT2D eigenvalue weighted by molar-refractivity contribution is 5.98. The maximum atomic E-state index is 11.7. The van der Waals surface area contributed by atoms with Gasteiger partial charge in [0, 0.05) is 24.2 Å². The van der Waals surface area contributed by atoms with Crippen LogP contribution in [-0.4, -0.2) is 30.1 Å². The predicted octanol–water partition coefficient (Wildman–Crippen LogP) is 1.85. The Morgan fingerprint density at radius 2 is 1.74 bits per heavy atom. The number of carbonyl (C=O) groups excluding carboxylic acids is 3. The number of para-hydroxylation sites is 1. The fourth-order valence-corrected chi connectivity index (χ4v) is 1.65. The molecule has 0 bridgehead atoms. The van der Waals surface area contributed by atoms with Gasteiger partial charge >= 0.3 is 5.97 Å². The number of hydrogen-bond acceptors (Lipinski definition) is 5. The van der Waals surface area contributed by atoms with Crippen molar-refractivity contribution in [3.8, 4) is 0 Å². The number of ether oxygens (including phenoxy) is 1. The molecule has 0 saturated heterocycles. The van der Waals surface area contributed by atoms with E-state index in [2.05, 4.69) is 15.8 Å². The second-order valence-corrected chi connectivity index (χ2v) is 4.78. The lowest BCUT2D eigenvalue weighted by Crippen LogP contribution is -2.22. The van der Waals surface area contributed by atoms with E-state index in [0.29, 0.717) is 18.0 Å². The molecule has 0 aromatic heterocycles. The first-order chi connectivity index (χ1) is 11.0. The zero-order valence-corrected chi connectivity index (χ0v) is 13.3. The minimum Gasteiger partial charge on any atom is -0.466 e. The third-order valence-corrected chi connectivity index (χ3v) is 2.71. The van der Waals surface area contributed by atoms with E-state index in [1.165, 1.54) is 0 Å². The SMILES string of the molecule is CCOC(=O)C/C(C)=N\NC(=O)CCC(=O)Nc1ccccc1. The summed E-state index contributed by atoms with van der Waals surface area (Å²) in [6, 6.07) is 8.99. The maximum Gasteiger partial charge on any atom is 0.311 e. The number of nitrogens with zero attached hydrogens (tertiary/aromatic N) is 1. The van der Waals surface area contributed by atoms with Crippen LogP contribution < -0.4 is 10.7 Å². The smallest absolute Gasteiger partial charge is 0.311 e. The molecule has 0 aliphatic carbocycles. The summed E-state index contributed by atoms with van der Waals surface area (Å²) >= 11 is 0. The molecule has 0 fully saturated rings. The third kappa shape index (κ3) is 8.35. The van der Waals surface area contributed by atoms with E-state index in [1.807, 2.05) is 18.2 Å². The molecule has 2 amide bonds. The van der Waals surface area contributed by atoms with Gasteiger partial charge in [-0.1, -0.05) is 18.2 Å². The Morgan fingerprint density at radius 1 is 1.09 bits per heavy atom. The van der Waals surface area contributed by atoms with Crippen molar-refractivity contribution in [2.45, 2.75) is 33.1 Å². The molecule has 124 valence electrons. The van der Waals surface area contributed by atoms with Gasteiger partial charge in [-0.05, 0) is 26.0 Å². The lowest BCUT2D eigenvalue weighted by Gasteiger charge is -2.05. The van der Waals surface area contributed by atoms with E-state index in [9.17, 15) is 14.4 Å². The minimum absolute atomic E-state index is 0.00878. The third-order valence-electron chi connectivity index (χ3n) is 2.71. The first-order valence-electron chi connectivity index (χ1n) is 7.33. The highest BCUT2D eigenvalue weighted by Gasteiger charge is 2.08. The first kappa shape index (κ1) is 18.3. The summed E-state index contributed by atoms with van der Waals surface area (Å²) in [5.41, 5.74) is 3.43. The zero-order chi connectivity index (χ0) is 17.1. The van der Waals surface area contributed by atoms with Crippen molar-refractivity contribution in [3.05, 3.63) is 30.3 Å². The van der Waals surface area contributed by atoms with Gasteiger partial charge in [0.1, 0.15) is 0 Å². The van der Waals surface area contributed by atoms with E-state index >= 15 is 0 Å². The van der Waals surface area contributed by atoms with Crippen molar-refractivity contribution < 1.29 is 19.1 Å². The van der Waals surface area contributed by atoms with Crippen molar-refractivity contribution in [3.63, 3.8) is 0 Å². The second-order valence-electron chi connectivity index (χ2n) is 4.78. The number of amides is 2. The number of anilines is 1. The Kier molecular flexibility index (Phi) is 8.06. The Morgan fingerprint density at radius 3 is 2.39 bits per heavy atom. The summed E-state index contributed by atoms with van der Waals surface area (Å²) in [6.45, 7) is 3.63. The van der Waals surface area contributed by atoms with E-state index < -0.39 is 11.9 Å². The van der Waals surface area contributed by atoms with Gasteiger partial charge in [-0.3, -0.25) is 14.4 Å². The van der Waals surface area contributed by atoms with E-state index in [-0.39, 0.29) is 25.2 Å². The summed E-state index contributed by atoms with van der Waals surface area (Å²) < 4.78 is 4.77. The van der Waals surface area contributed by atoms with Crippen LogP contribution in [0.3, 0.4) is 0 Å². The van der Waals surface area contributed by atoms with Crippen LogP contribution in [0.15, 0.2) is 35.4 Å². The van der Waals surface area contributed by atoms with Crippen molar-refractivity contribution in [2.24, 2.45) is 5.10 Å². The predicted molar refractivity (Wildman–Crippen MR) is 86.8 cm³/mol. The number of rotatable bonds is 8. The minimum atomic E-state index is -0.398. The molecule has 0 aliphatic rings. The van der Waals surface area contributed by atoms with Gasteiger partial charge in [0.15, 0.2) is 0 Å². The Balaban J connectivity index is 2.28. The normalized spacial score (nSPS) is 10.8. The van der Waals surface area contributed by atoms with Gasteiger partial charge in [0.2, 0.25) is 11.8 Å². The van der Waals surface area contributed by atoms with Gasteiger partial charge in [-0.2, -0.15) is 5.10 Å². The fourth-order valence-electron chi connectivity index (χ4n) is 1.65. The molecule has 0 spiro atoms. The van der Waals surface area contributed by atoms with Crippen LogP contribution in [-0.2, 0) is 19.1 Å². The second kappa shape index (κ2) is 10.1. The molecule has 0 atom stereocenters. The number of hydrazone groups is 1. The summed E-state index contributed by atoms with van der Waals surface area (Å²) in [7, 11) is 0. The molecule has 1 aromatic carbocycles. The molecule has 0 saturated carbocycles. The van der Waals surface area contributed by atoms with Crippen LogP contribution in [0.2, 0.25) is 0 Å². The number of benzene rings is 1. The van der Waals surface area contributed by atoms with Crippen LogP contribution in [0, 0.1) is 0 Å². The fraction of sp³-hybridized carbons (Fsp3) is 0.375. The number of nitrogens with one attached hydrogen (secondary N) is 2. The summed E-state index contributed by atoms with van der Waals surface area (Å²) in [5.74, 6) is -1.04. The molecular weight excluding hydrogens is 298 g/mol. The lowest BCUT2D eigenvalue weighted by molar-refractivity contribution is -0.141. The Labute approximate surface area is 135 Å². The molecular formula is C16H21N3O4. The van der Waals surface area contributed by atoms with Crippen molar-refractivity contribution in [1.82, 2.24) is 5.43 Å². The number of esters is 1. The van der Waals surface area contributed by atoms with Crippen LogP contribution in [0.25, 0.3) is 0 Å². The van der Waals surface area contributed by atoms with Crippen LogP contribution in [0.1, 0.15) is 33.1 Å². The molecule has 7 nitrogen and oxygen atoms in total. The number of hydrogen-bond donors (Lipinski definition) is 2. The van der Waals surface area contributed by atoms with Crippen LogP contribution >= 0.6 is 0 Å². The van der Waals surface area contributed by atoms with Crippen molar-refractivity contribution in [1.29, 1.82) is 0 Å². The molecule has 0 unspecified atom stereocenters. The largest absolute Gasteiger partial charge is 0.466 e. The number of carbonyl (C=O) groups is 3. The zero-order valence-electron chi connectivity index (χ0n) is 13.3. The lowest BCUT2D eigenvalue weighted by atomic mass is 10.2. The van der Waals surface area contributed by atoms with E-state index in [4.69, 9.17) is 4.74 Å². The van der Waals surface area contributed by atoms with Crippen molar-refractivity contribution in [2.75, 3.05) is 11.9 Å². The van der Waals surface area contributed by atoms with Gasteiger partial charge in [-0.25, -0.2) is 5.43 Å². The van der Waals surface area contributed by atoms with Gasteiger partial charge in [-0.15, -0.1) is 0 Å². The highest BCUT2D eigenvalue weighted by atomic mass is 16.5. The van der Waals surface area contributed by atoms with Crippen LogP contribution in [0.4, 0.5) is 5.69 Å². The average Bonchev–Trinajstić information content (AvgIpc) is 2.52. The monoisotopic (exact) mass is 319 g/mol. The maximum absolute atomic E-state index is 11.7. The average molecular weight is 319 g/mol. The highest BCUT2D eigenvalue weighted by Crippen LogP contribution is 2.06. The topological polar surface area (TPSA) is 96.9 Å². The Bertz CT molecular complexity index is 570. The molecule has 2 N–H and O–H groups in total. The Hall–Kier alpha value is -2.70.